The van der Waals surface area contributed by atoms with Crippen LogP contribution in [0.4, 0.5) is 4.39 Å². The third kappa shape index (κ3) is 4.65. The van der Waals surface area contributed by atoms with E-state index in [0.29, 0.717) is 5.76 Å². The van der Waals surface area contributed by atoms with Crippen molar-refractivity contribution in [3.05, 3.63) is 53.2 Å². The van der Waals surface area contributed by atoms with E-state index < -0.39 is 11.9 Å². The quantitative estimate of drug-likeness (QED) is 0.849. The number of benzene rings is 1. The Bertz CT molecular complexity index is 710. The van der Waals surface area contributed by atoms with Crippen molar-refractivity contribution < 1.29 is 18.5 Å². The van der Waals surface area contributed by atoms with Gasteiger partial charge < -0.3 is 15.2 Å². The van der Waals surface area contributed by atoms with Crippen molar-refractivity contribution in [3.63, 3.8) is 0 Å². The van der Waals surface area contributed by atoms with Crippen LogP contribution in [0.5, 0.6) is 0 Å². The number of hydrogen-bond donors (Lipinski definition) is 2. The molecule has 0 aliphatic heterocycles. The fourth-order valence-electron chi connectivity index (χ4n) is 2.12. The lowest BCUT2D eigenvalue weighted by atomic mass is 10.0. The molecule has 2 aromatic rings. The zero-order valence-electron chi connectivity index (χ0n) is 13.8. The summed E-state index contributed by atoms with van der Waals surface area (Å²) in [6.45, 7) is 5.59. The van der Waals surface area contributed by atoms with Crippen LogP contribution in [0.3, 0.4) is 0 Å². The van der Waals surface area contributed by atoms with E-state index >= 15 is 0 Å². The molecule has 2 N–H and O–H groups in total. The fourth-order valence-corrected chi connectivity index (χ4v) is 2.12. The van der Waals surface area contributed by atoms with E-state index in [0.717, 1.165) is 5.56 Å². The summed E-state index contributed by atoms with van der Waals surface area (Å²) in [7, 11) is 0. The average Bonchev–Trinajstić information content (AvgIpc) is 2.98. The van der Waals surface area contributed by atoms with Crippen LogP contribution in [0.2, 0.25) is 0 Å². The molecule has 0 spiro atoms. The third-order valence-electron chi connectivity index (χ3n) is 3.48. The predicted molar refractivity (Wildman–Crippen MR) is 85.6 cm³/mol. The van der Waals surface area contributed by atoms with Crippen LogP contribution >= 0.6 is 0 Å². The summed E-state index contributed by atoms with van der Waals surface area (Å²) in [5, 5.41) is 9.03. The summed E-state index contributed by atoms with van der Waals surface area (Å²) >= 11 is 0. The molecule has 1 heterocycles. The first-order valence-corrected chi connectivity index (χ1v) is 7.63. The molecule has 0 saturated carbocycles. The summed E-state index contributed by atoms with van der Waals surface area (Å²) in [6, 6.07) is 6.64. The van der Waals surface area contributed by atoms with Gasteiger partial charge in [0.05, 0.1) is 0 Å². The Morgan fingerprint density at radius 1 is 1.25 bits per heavy atom. The van der Waals surface area contributed by atoms with Crippen LogP contribution in [-0.2, 0) is 11.3 Å². The maximum atomic E-state index is 12.9. The van der Waals surface area contributed by atoms with Crippen LogP contribution in [0.1, 0.15) is 35.7 Å². The van der Waals surface area contributed by atoms with E-state index in [1.165, 1.54) is 18.2 Å². The lowest BCUT2D eigenvalue weighted by molar-refractivity contribution is -0.124. The molecule has 2 rings (SSSR count). The monoisotopic (exact) mass is 333 g/mol. The average molecular weight is 333 g/mol. The number of nitrogens with zero attached hydrogens (tertiary/aromatic N) is 1. The summed E-state index contributed by atoms with van der Waals surface area (Å²) in [5.74, 6) is -0.720. The number of rotatable bonds is 6. The first kappa shape index (κ1) is 17.7. The van der Waals surface area contributed by atoms with Crippen LogP contribution in [0, 0.1) is 18.7 Å². The minimum absolute atomic E-state index is 0.116. The Morgan fingerprint density at radius 3 is 2.46 bits per heavy atom. The summed E-state index contributed by atoms with van der Waals surface area (Å²) in [6.07, 6.45) is 0. The van der Waals surface area contributed by atoms with E-state index in [4.69, 9.17) is 4.52 Å². The van der Waals surface area contributed by atoms with E-state index in [1.54, 1.807) is 19.1 Å². The van der Waals surface area contributed by atoms with Gasteiger partial charge in [-0.1, -0.05) is 31.1 Å². The van der Waals surface area contributed by atoms with Crippen molar-refractivity contribution in [2.75, 3.05) is 0 Å². The molecule has 6 nitrogen and oxygen atoms in total. The number of carbonyl (C=O) groups excluding carboxylic acids is 2. The highest BCUT2D eigenvalue weighted by Gasteiger charge is 2.25. The standard InChI is InChI=1S/C17H20FN3O3/c1-10(2)15(20-16(22)14-8-11(3)24-21-14)17(23)19-9-12-4-6-13(18)7-5-12/h4-8,10,15H,9H2,1-3H3,(H,19,23)(H,20,22). The molecule has 24 heavy (non-hydrogen) atoms. The fraction of sp³-hybridized carbons (Fsp3) is 0.353. The van der Waals surface area contributed by atoms with E-state index in [2.05, 4.69) is 15.8 Å². The van der Waals surface area contributed by atoms with Crippen molar-refractivity contribution in [3.8, 4) is 0 Å². The highest BCUT2D eigenvalue weighted by atomic mass is 19.1. The maximum Gasteiger partial charge on any atom is 0.274 e. The van der Waals surface area contributed by atoms with Crippen LogP contribution in [0.15, 0.2) is 34.9 Å². The van der Waals surface area contributed by atoms with Gasteiger partial charge in [-0.25, -0.2) is 4.39 Å². The number of carbonyl (C=O) groups is 2. The SMILES string of the molecule is Cc1cc(C(=O)NC(C(=O)NCc2ccc(F)cc2)C(C)C)no1. The van der Waals surface area contributed by atoms with Gasteiger partial charge in [0, 0.05) is 12.6 Å². The first-order chi connectivity index (χ1) is 11.4. The molecule has 1 atom stereocenters. The number of aryl methyl sites for hydroxylation is 1. The van der Waals surface area contributed by atoms with Gasteiger partial charge in [-0.3, -0.25) is 9.59 Å². The van der Waals surface area contributed by atoms with Gasteiger partial charge in [0.2, 0.25) is 5.91 Å². The molecular formula is C17H20FN3O3. The van der Waals surface area contributed by atoms with E-state index in [1.807, 2.05) is 13.8 Å². The van der Waals surface area contributed by atoms with E-state index in [9.17, 15) is 14.0 Å². The number of hydrogen-bond acceptors (Lipinski definition) is 4. The second-order valence-corrected chi connectivity index (χ2v) is 5.86. The van der Waals surface area contributed by atoms with Crippen molar-refractivity contribution in [2.24, 2.45) is 5.92 Å². The molecule has 7 heteroatoms. The van der Waals surface area contributed by atoms with Gasteiger partial charge in [0.15, 0.2) is 5.69 Å². The predicted octanol–water partition coefficient (Wildman–Crippen LogP) is 2.19. The van der Waals surface area contributed by atoms with Gasteiger partial charge in [-0.2, -0.15) is 0 Å². The smallest absolute Gasteiger partial charge is 0.274 e. The summed E-state index contributed by atoms with van der Waals surface area (Å²) < 4.78 is 17.7. The lowest BCUT2D eigenvalue weighted by Gasteiger charge is -2.21. The molecule has 1 aromatic heterocycles. The Labute approximate surface area is 139 Å². The minimum Gasteiger partial charge on any atom is -0.361 e. The van der Waals surface area contributed by atoms with Gasteiger partial charge in [-0.15, -0.1) is 0 Å². The normalized spacial score (nSPS) is 12.0. The van der Waals surface area contributed by atoms with Crippen molar-refractivity contribution in [2.45, 2.75) is 33.4 Å². The second kappa shape index (κ2) is 7.72. The number of halogens is 1. The highest BCUT2D eigenvalue weighted by Crippen LogP contribution is 2.07. The molecule has 0 fully saturated rings. The molecular weight excluding hydrogens is 313 g/mol. The Morgan fingerprint density at radius 2 is 1.92 bits per heavy atom. The lowest BCUT2D eigenvalue weighted by Crippen LogP contribution is -2.49. The zero-order chi connectivity index (χ0) is 17.7. The number of nitrogens with one attached hydrogen (secondary N) is 2. The molecule has 0 bridgehead atoms. The van der Waals surface area contributed by atoms with E-state index in [-0.39, 0.29) is 29.9 Å². The van der Waals surface area contributed by atoms with Gasteiger partial charge in [0.25, 0.3) is 5.91 Å². The van der Waals surface area contributed by atoms with Crippen LogP contribution in [-0.4, -0.2) is 23.0 Å². The van der Waals surface area contributed by atoms with Crippen molar-refractivity contribution >= 4 is 11.8 Å². The topological polar surface area (TPSA) is 84.2 Å². The van der Waals surface area contributed by atoms with Crippen LogP contribution in [0.25, 0.3) is 0 Å². The van der Waals surface area contributed by atoms with Crippen molar-refractivity contribution in [1.82, 2.24) is 15.8 Å². The molecule has 0 radical (unpaired) electrons. The van der Waals surface area contributed by atoms with Gasteiger partial charge >= 0.3 is 0 Å². The van der Waals surface area contributed by atoms with Crippen molar-refractivity contribution in [1.29, 1.82) is 0 Å². The van der Waals surface area contributed by atoms with Gasteiger partial charge in [-0.05, 0) is 30.5 Å². The Kier molecular flexibility index (Phi) is 5.68. The maximum absolute atomic E-state index is 12.9. The molecule has 0 aliphatic carbocycles. The summed E-state index contributed by atoms with van der Waals surface area (Å²) in [5.41, 5.74) is 0.898. The molecule has 2 amide bonds. The summed E-state index contributed by atoms with van der Waals surface area (Å²) in [4.78, 5) is 24.5. The zero-order valence-corrected chi connectivity index (χ0v) is 13.8. The molecule has 1 aromatic carbocycles. The Balaban J connectivity index is 1.97. The molecule has 1 unspecified atom stereocenters. The molecule has 128 valence electrons. The highest BCUT2D eigenvalue weighted by molar-refractivity contribution is 5.96. The van der Waals surface area contributed by atoms with Gasteiger partial charge in [0.1, 0.15) is 17.6 Å². The molecule has 0 saturated heterocycles. The largest absolute Gasteiger partial charge is 0.361 e. The second-order valence-electron chi connectivity index (χ2n) is 5.86. The van der Waals surface area contributed by atoms with Crippen LogP contribution < -0.4 is 10.6 Å². The first-order valence-electron chi connectivity index (χ1n) is 7.63. The third-order valence-corrected chi connectivity index (χ3v) is 3.48. The Hall–Kier alpha value is -2.70. The number of amides is 2. The molecule has 0 aliphatic rings. The minimum atomic E-state index is -0.713. The number of aromatic nitrogens is 1.